The highest BCUT2D eigenvalue weighted by Gasteiger charge is 2.21. The van der Waals surface area contributed by atoms with E-state index >= 15 is 0 Å². The fourth-order valence-corrected chi connectivity index (χ4v) is 1.20. The van der Waals surface area contributed by atoms with E-state index < -0.39 is 6.29 Å². The summed E-state index contributed by atoms with van der Waals surface area (Å²) >= 11 is 0. The van der Waals surface area contributed by atoms with E-state index in [2.05, 4.69) is 6.58 Å². The Hall–Kier alpha value is -0.340. The van der Waals surface area contributed by atoms with Crippen molar-refractivity contribution in [1.29, 1.82) is 0 Å². The molecule has 0 bridgehead atoms. The maximum absolute atomic E-state index is 8.95. The van der Waals surface area contributed by atoms with E-state index in [4.69, 9.17) is 9.84 Å². The molecule has 0 spiro atoms. The molecule has 1 aliphatic heterocycles. The summed E-state index contributed by atoms with van der Waals surface area (Å²) in [4.78, 5) is 0. The number of hydrogen-bond donors (Lipinski definition) is 1. The third-order valence-corrected chi connectivity index (χ3v) is 1.78. The summed E-state index contributed by atoms with van der Waals surface area (Å²) in [5.74, 6) is 0. The molecule has 2 nitrogen and oxygen atoms in total. The van der Waals surface area contributed by atoms with Gasteiger partial charge in [-0.05, 0) is 19.3 Å². The minimum Gasteiger partial charge on any atom is -0.368 e. The normalized spacial score (nSPS) is 32.5. The molecule has 58 valence electrons. The standard InChI is InChI=1S/C8H14O2/c1-2-3-4-7-5-6-8(9)10-7/h2,7-9H,1,3-6H2/t7-,8?/m1/s1. The van der Waals surface area contributed by atoms with Crippen LogP contribution in [0.15, 0.2) is 12.7 Å². The van der Waals surface area contributed by atoms with Crippen molar-refractivity contribution in [3.8, 4) is 0 Å². The summed E-state index contributed by atoms with van der Waals surface area (Å²) in [7, 11) is 0. The molecule has 0 radical (unpaired) electrons. The topological polar surface area (TPSA) is 29.5 Å². The first-order chi connectivity index (χ1) is 4.83. The van der Waals surface area contributed by atoms with Gasteiger partial charge in [-0.15, -0.1) is 6.58 Å². The molecular weight excluding hydrogens is 128 g/mol. The number of hydrogen-bond acceptors (Lipinski definition) is 2. The highest BCUT2D eigenvalue weighted by Crippen LogP contribution is 2.21. The lowest BCUT2D eigenvalue weighted by atomic mass is 10.1. The second kappa shape index (κ2) is 3.74. The zero-order valence-corrected chi connectivity index (χ0v) is 6.12. The van der Waals surface area contributed by atoms with Gasteiger partial charge < -0.3 is 9.84 Å². The van der Waals surface area contributed by atoms with Gasteiger partial charge in [0.15, 0.2) is 6.29 Å². The fourth-order valence-electron chi connectivity index (χ4n) is 1.20. The van der Waals surface area contributed by atoms with Gasteiger partial charge in [-0.2, -0.15) is 0 Å². The molecule has 0 aromatic heterocycles. The Morgan fingerprint density at radius 3 is 2.90 bits per heavy atom. The van der Waals surface area contributed by atoms with Gasteiger partial charge in [0, 0.05) is 6.42 Å². The van der Waals surface area contributed by atoms with Crippen LogP contribution < -0.4 is 0 Å². The lowest BCUT2D eigenvalue weighted by molar-refractivity contribution is -0.0913. The molecule has 0 amide bonds. The zero-order valence-electron chi connectivity index (χ0n) is 6.12. The van der Waals surface area contributed by atoms with E-state index in [1.54, 1.807) is 0 Å². The van der Waals surface area contributed by atoms with Crippen LogP contribution in [0.1, 0.15) is 25.7 Å². The van der Waals surface area contributed by atoms with Crippen molar-refractivity contribution in [2.75, 3.05) is 0 Å². The Kier molecular flexibility index (Phi) is 2.90. The van der Waals surface area contributed by atoms with Gasteiger partial charge in [-0.3, -0.25) is 0 Å². The predicted octanol–water partition coefficient (Wildman–Crippen LogP) is 1.45. The molecule has 2 heteroatoms. The molecule has 2 atom stereocenters. The first-order valence-electron chi connectivity index (χ1n) is 3.77. The Balaban J connectivity index is 2.12. The summed E-state index contributed by atoms with van der Waals surface area (Å²) in [5, 5.41) is 8.95. The van der Waals surface area contributed by atoms with Crippen molar-refractivity contribution >= 4 is 0 Å². The number of aliphatic hydroxyl groups is 1. The van der Waals surface area contributed by atoms with Gasteiger partial charge in [-0.1, -0.05) is 6.08 Å². The number of ether oxygens (including phenoxy) is 1. The first kappa shape index (κ1) is 7.76. The lowest BCUT2D eigenvalue weighted by Crippen LogP contribution is -2.09. The monoisotopic (exact) mass is 142 g/mol. The van der Waals surface area contributed by atoms with E-state index in [0.29, 0.717) is 0 Å². The highest BCUT2D eigenvalue weighted by molar-refractivity contribution is 4.73. The maximum atomic E-state index is 8.95. The fraction of sp³-hybridized carbons (Fsp3) is 0.750. The van der Waals surface area contributed by atoms with Crippen molar-refractivity contribution in [1.82, 2.24) is 0 Å². The molecule has 1 heterocycles. The van der Waals surface area contributed by atoms with Gasteiger partial charge in [0.25, 0.3) is 0 Å². The van der Waals surface area contributed by atoms with Crippen LogP contribution in [0.25, 0.3) is 0 Å². The third kappa shape index (κ3) is 2.12. The van der Waals surface area contributed by atoms with Crippen molar-refractivity contribution < 1.29 is 9.84 Å². The van der Waals surface area contributed by atoms with Crippen molar-refractivity contribution in [3.05, 3.63) is 12.7 Å². The van der Waals surface area contributed by atoms with Gasteiger partial charge >= 0.3 is 0 Å². The molecule has 1 fully saturated rings. The molecule has 0 saturated carbocycles. The van der Waals surface area contributed by atoms with Crippen molar-refractivity contribution in [2.45, 2.75) is 38.1 Å². The van der Waals surface area contributed by atoms with Crippen LogP contribution >= 0.6 is 0 Å². The SMILES string of the molecule is C=CCC[C@@H]1CCC(O)O1. The summed E-state index contributed by atoms with van der Waals surface area (Å²) in [6.45, 7) is 3.62. The van der Waals surface area contributed by atoms with Gasteiger partial charge in [-0.25, -0.2) is 0 Å². The van der Waals surface area contributed by atoms with E-state index in [9.17, 15) is 0 Å². The molecule has 0 aliphatic carbocycles. The summed E-state index contributed by atoms with van der Waals surface area (Å²) in [5.41, 5.74) is 0. The maximum Gasteiger partial charge on any atom is 0.154 e. The van der Waals surface area contributed by atoms with Gasteiger partial charge in [0.05, 0.1) is 6.10 Å². The number of rotatable bonds is 3. The van der Waals surface area contributed by atoms with E-state index in [1.807, 2.05) is 6.08 Å². The second-order valence-electron chi connectivity index (χ2n) is 2.66. The molecule has 10 heavy (non-hydrogen) atoms. The van der Waals surface area contributed by atoms with Crippen LogP contribution in [-0.2, 0) is 4.74 Å². The molecule has 0 aromatic carbocycles. The van der Waals surface area contributed by atoms with Gasteiger partial charge in [0.1, 0.15) is 0 Å². The van der Waals surface area contributed by atoms with Crippen LogP contribution in [0.2, 0.25) is 0 Å². The quantitative estimate of drug-likeness (QED) is 0.604. The molecular formula is C8H14O2. The summed E-state index contributed by atoms with van der Waals surface area (Å²) < 4.78 is 5.17. The zero-order chi connectivity index (χ0) is 7.40. The van der Waals surface area contributed by atoms with Crippen LogP contribution in [0.3, 0.4) is 0 Å². The highest BCUT2D eigenvalue weighted by atomic mass is 16.6. The van der Waals surface area contributed by atoms with E-state index in [0.717, 1.165) is 25.7 Å². The number of allylic oxidation sites excluding steroid dienone is 1. The van der Waals surface area contributed by atoms with Crippen LogP contribution in [0.4, 0.5) is 0 Å². The largest absolute Gasteiger partial charge is 0.368 e. The molecule has 0 aromatic rings. The average molecular weight is 142 g/mol. The molecule has 1 unspecified atom stereocenters. The van der Waals surface area contributed by atoms with E-state index in [-0.39, 0.29) is 6.10 Å². The Morgan fingerprint density at radius 2 is 2.40 bits per heavy atom. The lowest BCUT2D eigenvalue weighted by Gasteiger charge is -2.07. The predicted molar refractivity (Wildman–Crippen MR) is 39.5 cm³/mol. The molecule has 1 N–H and O–H groups in total. The average Bonchev–Trinajstić information content (AvgIpc) is 2.31. The minimum absolute atomic E-state index is 0.271. The smallest absolute Gasteiger partial charge is 0.154 e. The van der Waals surface area contributed by atoms with E-state index in [1.165, 1.54) is 0 Å². The second-order valence-corrected chi connectivity index (χ2v) is 2.66. The number of aliphatic hydroxyl groups excluding tert-OH is 1. The molecule has 1 rings (SSSR count). The summed E-state index contributed by atoms with van der Waals surface area (Å²) in [6, 6.07) is 0. The van der Waals surface area contributed by atoms with Crippen molar-refractivity contribution in [2.24, 2.45) is 0 Å². The third-order valence-electron chi connectivity index (χ3n) is 1.78. The van der Waals surface area contributed by atoms with Crippen molar-refractivity contribution in [3.63, 3.8) is 0 Å². The van der Waals surface area contributed by atoms with Crippen LogP contribution in [0, 0.1) is 0 Å². The van der Waals surface area contributed by atoms with Crippen LogP contribution in [-0.4, -0.2) is 17.5 Å². The van der Waals surface area contributed by atoms with Crippen LogP contribution in [0.5, 0.6) is 0 Å². The minimum atomic E-state index is -0.505. The Labute approximate surface area is 61.5 Å². The van der Waals surface area contributed by atoms with Gasteiger partial charge in [0.2, 0.25) is 0 Å². The summed E-state index contributed by atoms with van der Waals surface area (Å²) in [6.07, 6.45) is 5.42. The Bertz CT molecular complexity index is 112. The Morgan fingerprint density at radius 1 is 1.60 bits per heavy atom. The first-order valence-corrected chi connectivity index (χ1v) is 3.77. The molecule has 1 saturated heterocycles. The molecule has 1 aliphatic rings.